The summed E-state index contributed by atoms with van der Waals surface area (Å²) in [4.78, 5) is 7.85. The highest BCUT2D eigenvalue weighted by molar-refractivity contribution is 7.89. The molecule has 0 unspecified atom stereocenters. The first kappa shape index (κ1) is 11.0. The quantitative estimate of drug-likeness (QED) is 0.845. The fraction of sp³-hybridized carbons (Fsp3) is 0.286. The van der Waals surface area contributed by atoms with Gasteiger partial charge in [-0.1, -0.05) is 5.16 Å². The molecule has 0 amide bonds. The molecule has 2 aromatic heterocycles. The number of hydrogen-bond donors (Lipinski definition) is 1. The van der Waals surface area contributed by atoms with Gasteiger partial charge in [-0.2, -0.15) is 4.98 Å². The Morgan fingerprint density at radius 1 is 1.50 bits per heavy atom. The van der Waals surface area contributed by atoms with E-state index in [0.717, 1.165) is 6.26 Å². The van der Waals surface area contributed by atoms with Gasteiger partial charge in [0.2, 0.25) is 0 Å². The first-order valence-electron chi connectivity index (χ1n) is 4.16. The van der Waals surface area contributed by atoms with Crippen molar-refractivity contribution in [3.63, 3.8) is 0 Å². The molecule has 9 heteroatoms. The Morgan fingerprint density at radius 2 is 2.25 bits per heavy atom. The SMILES string of the molecule is CS(=O)(=O)Cc1noc(-c2csc(N)n2)n1. The van der Waals surface area contributed by atoms with Crippen molar-refractivity contribution in [3.05, 3.63) is 11.2 Å². The standard InChI is InChI=1S/C7H8N4O3S2/c1-16(12,13)3-5-10-6(14-11-5)4-2-15-7(8)9-4/h2H,3H2,1H3,(H2,8,9). The highest BCUT2D eigenvalue weighted by Crippen LogP contribution is 2.21. The first-order chi connectivity index (χ1) is 7.44. The van der Waals surface area contributed by atoms with Crippen LogP contribution in [-0.2, 0) is 15.6 Å². The summed E-state index contributed by atoms with van der Waals surface area (Å²) in [5.74, 6) is 0.0338. The van der Waals surface area contributed by atoms with Crippen molar-refractivity contribution in [3.8, 4) is 11.6 Å². The molecule has 0 atom stereocenters. The summed E-state index contributed by atoms with van der Waals surface area (Å²) in [5, 5.41) is 5.59. The minimum absolute atomic E-state index is 0.115. The van der Waals surface area contributed by atoms with Gasteiger partial charge >= 0.3 is 0 Å². The second-order valence-electron chi connectivity index (χ2n) is 3.16. The molecule has 2 aromatic rings. The van der Waals surface area contributed by atoms with Crippen LogP contribution in [0.3, 0.4) is 0 Å². The molecule has 0 aliphatic carbocycles. The Kier molecular flexibility index (Phi) is 2.64. The van der Waals surface area contributed by atoms with Gasteiger partial charge in [0, 0.05) is 11.6 Å². The number of hydrogen-bond acceptors (Lipinski definition) is 8. The maximum absolute atomic E-state index is 11.0. The zero-order chi connectivity index (χ0) is 11.8. The molecule has 0 saturated heterocycles. The van der Waals surface area contributed by atoms with Crippen molar-refractivity contribution in [2.24, 2.45) is 0 Å². The topological polar surface area (TPSA) is 112 Å². The van der Waals surface area contributed by atoms with E-state index in [4.69, 9.17) is 10.3 Å². The van der Waals surface area contributed by atoms with E-state index in [1.165, 1.54) is 11.3 Å². The maximum Gasteiger partial charge on any atom is 0.277 e. The van der Waals surface area contributed by atoms with E-state index in [1.54, 1.807) is 5.38 Å². The molecular formula is C7H8N4O3S2. The lowest BCUT2D eigenvalue weighted by molar-refractivity contribution is 0.423. The average molecular weight is 260 g/mol. The Balaban J connectivity index is 2.26. The average Bonchev–Trinajstić information content (AvgIpc) is 2.71. The van der Waals surface area contributed by atoms with Crippen LogP contribution in [-0.4, -0.2) is 29.8 Å². The number of nitrogen functional groups attached to an aromatic ring is 1. The number of sulfone groups is 1. The van der Waals surface area contributed by atoms with E-state index in [1.807, 2.05) is 0 Å². The fourth-order valence-electron chi connectivity index (χ4n) is 1.04. The Morgan fingerprint density at radius 3 is 2.81 bits per heavy atom. The molecule has 0 fully saturated rings. The zero-order valence-electron chi connectivity index (χ0n) is 8.24. The second-order valence-corrected chi connectivity index (χ2v) is 6.19. The highest BCUT2D eigenvalue weighted by Gasteiger charge is 2.15. The molecule has 86 valence electrons. The van der Waals surface area contributed by atoms with Crippen LogP contribution in [0.2, 0.25) is 0 Å². The molecule has 0 aromatic carbocycles. The Hall–Kier alpha value is -1.48. The van der Waals surface area contributed by atoms with E-state index >= 15 is 0 Å². The number of aromatic nitrogens is 3. The summed E-state index contributed by atoms with van der Waals surface area (Å²) in [5.41, 5.74) is 5.90. The summed E-state index contributed by atoms with van der Waals surface area (Å²) < 4.78 is 26.9. The largest absolute Gasteiger partial charge is 0.375 e. The number of rotatable bonds is 3. The van der Waals surface area contributed by atoms with Gasteiger partial charge in [-0.25, -0.2) is 13.4 Å². The minimum atomic E-state index is -3.17. The highest BCUT2D eigenvalue weighted by atomic mass is 32.2. The van der Waals surface area contributed by atoms with Crippen LogP contribution >= 0.6 is 11.3 Å². The smallest absolute Gasteiger partial charge is 0.277 e. The van der Waals surface area contributed by atoms with Crippen molar-refractivity contribution in [1.29, 1.82) is 0 Å². The molecular weight excluding hydrogens is 252 g/mol. The van der Waals surface area contributed by atoms with Gasteiger partial charge in [0.15, 0.2) is 20.8 Å². The number of anilines is 1. The van der Waals surface area contributed by atoms with Gasteiger partial charge in [0.1, 0.15) is 11.4 Å². The van der Waals surface area contributed by atoms with Gasteiger partial charge in [0.05, 0.1) is 0 Å². The van der Waals surface area contributed by atoms with Crippen LogP contribution in [0.1, 0.15) is 5.82 Å². The van der Waals surface area contributed by atoms with Gasteiger partial charge in [-0.3, -0.25) is 0 Å². The van der Waals surface area contributed by atoms with Crippen molar-refractivity contribution >= 4 is 26.3 Å². The molecule has 0 saturated carbocycles. The maximum atomic E-state index is 11.0. The normalized spacial score (nSPS) is 11.8. The van der Waals surface area contributed by atoms with E-state index < -0.39 is 9.84 Å². The predicted molar refractivity (Wildman–Crippen MR) is 58.4 cm³/mol. The molecule has 7 nitrogen and oxygen atoms in total. The summed E-state index contributed by atoms with van der Waals surface area (Å²) in [7, 11) is -3.17. The minimum Gasteiger partial charge on any atom is -0.375 e. The Bertz CT molecular complexity index is 601. The van der Waals surface area contributed by atoms with Gasteiger partial charge in [-0.05, 0) is 0 Å². The van der Waals surface area contributed by atoms with Crippen molar-refractivity contribution in [2.45, 2.75) is 5.75 Å². The lowest BCUT2D eigenvalue weighted by Crippen LogP contribution is -2.02. The van der Waals surface area contributed by atoms with E-state index in [9.17, 15) is 8.42 Å². The summed E-state index contributed by atoms with van der Waals surface area (Å²) in [6.07, 6.45) is 1.10. The molecule has 0 spiro atoms. The third kappa shape index (κ3) is 2.55. The third-order valence-electron chi connectivity index (χ3n) is 1.60. The number of nitrogens with two attached hydrogens (primary N) is 1. The summed E-state index contributed by atoms with van der Waals surface area (Å²) >= 11 is 1.24. The Labute approximate surface area is 95.2 Å². The van der Waals surface area contributed by atoms with Crippen LogP contribution in [0.4, 0.5) is 5.13 Å². The lowest BCUT2D eigenvalue weighted by Gasteiger charge is -1.88. The molecule has 16 heavy (non-hydrogen) atoms. The number of thiazole rings is 1. The summed E-state index contributed by atoms with van der Waals surface area (Å²) in [6.45, 7) is 0. The predicted octanol–water partition coefficient (Wildman–Crippen LogP) is 0.320. The molecule has 0 bridgehead atoms. The first-order valence-corrected chi connectivity index (χ1v) is 7.10. The van der Waals surface area contributed by atoms with E-state index in [2.05, 4.69) is 15.1 Å². The molecule has 2 rings (SSSR count). The number of nitrogens with zero attached hydrogens (tertiary/aromatic N) is 3. The van der Waals surface area contributed by atoms with Crippen LogP contribution in [0, 0.1) is 0 Å². The van der Waals surface area contributed by atoms with Gasteiger partial charge < -0.3 is 10.3 Å². The van der Waals surface area contributed by atoms with Gasteiger partial charge in [-0.15, -0.1) is 11.3 Å². The van der Waals surface area contributed by atoms with E-state index in [0.29, 0.717) is 10.8 Å². The molecule has 0 aliphatic heterocycles. The van der Waals surface area contributed by atoms with Gasteiger partial charge in [0.25, 0.3) is 5.89 Å². The van der Waals surface area contributed by atoms with Crippen LogP contribution in [0.15, 0.2) is 9.90 Å². The van der Waals surface area contributed by atoms with E-state index in [-0.39, 0.29) is 17.5 Å². The molecule has 2 heterocycles. The third-order valence-corrected chi connectivity index (χ3v) is 3.06. The van der Waals surface area contributed by atoms with Crippen molar-refractivity contribution in [2.75, 3.05) is 12.0 Å². The molecule has 0 aliphatic rings. The van der Waals surface area contributed by atoms with Crippen LogP contribution in [0.25, 0.3) is 11.6 Å². The van der Waals surface area contributed by atoms with Crippen molar-refractivity contribution < 1.29 is 12.9 Å². The molecule has 0 radical (unpaired) electrons. The monoisotopic (exact) mass is 260 g/mol. The van der Waals surface area contributed by atoms with Crippen LogP contribution in [0.5, 0.6) is 0 Å². The zero-order valence-corrected chi connectivity index (χ0v) is 9.88. The lowest BCUT2D eigenvalue weighted by atomic mass is 10.5. The van der Waals surface area contributed by atoms with Crippen LogP contribution < -0.4 is 5.73 Å². The van der Waals surface area contributed by atoms with Crippen molar-refractivity contribution in [1.82, 2.24) is 15.1 Å². The summed E-state index contributed by atoms with van der Waals surface area (Å²) in [6, 6.07) is 0. The fourth-order valence-corrected chi connectivity index (χ4v) is 2.16. The second kappa shape index (κ2) is 3.83. The molecule has 2 N–H and O–H groups in total.